The Balaban J connectivity index is 1.51. The molecule has 2 heterocycles. The number of rotatable bonds is 6. The van der Waals surface area contributed by atoms with E-state index in [9.17, 15) is 4.79 Å². The molecule has 0 atom stereocenters. The second-order valence-electron chi connectivity index (χ2n) is 8.72. The van der Waals surface area contributed by atoms with E-state index in [-0.39, 0.29) is 5.91 Å². The fourth-order valence-corrected chi connectivity index (χ4v) is 4.74. The molecule has 0 saturated carbocycles. The number of carbonyl (C=O) groups is 1. The number of piperidine rings is 1. The van der Waals surface area contributed by atoms with Gasteiger partial charge in [0.1, 0.15) is 0 Å². The molecule has 1 aliphatic heterocycles. The fourth-order valence-electron chi connectivity index (χ4n) is 4.74. The standard InChI is InChI=1S/C29H33N3O/c1-5-15-30-21(4)22-13-16-32(17-14-22)29(33)23-11-12-26-27(19-31-28(26)18-23)24(6-2)25-10-8-7-9-20(25)3/h5-12,15,18-19,22,30-31H,4,13-14,16-17H2,1-3H3/b15-5-,24-6+. The second kappa shape index (κ2) is 9.95. The van der Waals surface area contributed by atoms with Crippen LogP contribution in [0.15, 0.2) is 79.3 Å². The molecule has 1 saturated heterocycles. The van der Waals surface area contributed by atoms with E-state index >= 15 is 0 Å². The van der Waals surface area contributed by atoms with Crippen LogP contribution in [0.25, 0.3) is 16.5 Å². The molecule has 0 spiro atoms. The number of carbonyl (C=O) groups excluding carboxylic acids is 1. The summed E-state index contributed by atoms with van der Waals surface area (Å²) in [5.74, 6) is 0.503. The van der Waals surface area contributed by atoms with Crippen LogP contribution < -0.4 is 5.32 Å². The molecule has 1 amide bonds. The van der Waals surface area contributed by atoms with Crippen LogP contribution in [0.5, 0.6) is 0 Å². The molecule has 33 heavy (non-hydrogen) atoms. The number of H-pyrrole nitrogens is 1. The van der Waals surface area contributed by atoms with Crippen molar-refractivity contribution in [3.8, 4) is 0 Å². The molecule has 4 heteroatoms. The minimum atomic E-state index is 0.101. The quantitative estimate of drug-likeness (QED) is 0.466. The van der Waals surface area contributed by atoms with Gasteiger partial charge in [0, 0.05) is 52.9 Å². The molecule has 2 N–H and O–H groups in total. The summed E-state index contributed by atoms with van der Waals surface area (Å²) in [6.07, 6.45) is 9.96. The molecule has 0 bridgehead atoms. The minimum Gasteiger partial charge on any atom is -0.366 e. The topological polar surface area (TPSA) is 48.1 Å². The van der Waals surface area contributed by atoms with E-state index in [4.69, 9.17) is 0 Å². The lowest BCUT2D eigenvalue weighted by atomic mass is 9.93. The number of nitrogens with one attached hydrogen (secondary N) is 2. The van der Waals surface area contributed by atoms with Crippen molar-refractivity contribution in [2.24, 2.45) is 5.92 Å². The molecule has 2 aromatic carbocycles. The third-order valence-electron chi connectivity index (χ3n) is 6.65. The van der Waals surface area contributed by atoms with Crippen molar-refractivity contribution in [3.63, 3.8) is 0 Å². The average Bonchev–Trinajstić information content (AvgIpc) is 3.27. The van der Waals surface area contributed by atoms with Crippen molar-refractivity contribution in [3.05, 3.63) is 102 Å². The van der Waals surface area contributed by atoms with Crippen molar-refractivity contribution < 1.29 is 4.79 Å². The molecule has 170 valence electrons. The van der Waals surface area contributed by atoms with E-state index in [1.807, 2.05) is 36.2 Å². The largest absolute Gasteiger partial charge is 0.366 e. The summed E-state index contributed by atoms with van der Waals surface area (Å²) in [6.45, 7) is 11.9. The van der Waals surface area contributed by atoms with Crippen LogP contribution >= 0.6 is 0 Å². The smallest absolute Gasteiger partial charge is 0.253 e. The maximum atomic E-state index is 13.2. The third kappa shape index (κ3) is 4.65. The second-order valence-corrected chi connectivity index (χ2v) is 8.72. The summed E-state index contributed by atoms with van der Waals surface area (Å²) in [5, 5.41) is 4.37. The molecule has 1 aliphatic rings. The van der Waals surface area contributed by atoms with Gasteiger partial charge in [-0.25, -0.2) is 0 Å². The van der Waals surface area contributed by atoms with Gasteiger partial charge < -0.3 is 15.2 Å². The number of amides is 1. The van der Waals surface area contributed by atoms with Crippen molar-refractivity contribution in [1.82, 2.24) is 15.2 Å². The Bertz CT molecular complexity index is 1220. The Morgan fingerprint density at radius 2 is 1.88 bits per heavy atom. The Hall–Kier alpha value is -3.53. The van der Waals surface area contributed by atoms with E-state index in [1.165, 1.54) is 16.7 Å². The highest BCUT2D eigenvalue weighted by Gasteiger charge is 2.25. The van der Waals surface area contributed by atoms with E-state index in [0.717, 1.165) is 53.7 Å². The van der Waals surface area contributed by atoms with Gasteiger partial charge in [0.25, 0.3) is 5.91 Å². The predicted molar refractivity (Wildman–Crippen MR) is 138 cm³/mol. The van der Waals surface area contributed by atoms with Gasteiger partial charge in [0.05, 0.1) is 0 Å². The number of likely N-dealkylation sites (tertiary alicyclic amines) is 1. The molecule has 4 nitrogen and oxygen atoms in total. The molecule has 0 radical (unpaired) electrons. The third-order valence-corrected chi connectivity index (χ3v) is 6.65. The number of aryl methyl sites for hydroxylation is 1. The number of aromatic amines is 1. The van der Waals surface area contributed by atoms with Gasteiger partial charge in [-0.2, -0.15) is 0 Å². The first kappa shape index (κ1) is 22.7. The number of nitrogens with zero attached hydrogens (tertiary/aromatic N) is 1. The number of hydrogen-bond donors (Lipinski definition) is 2. The van der Waals surface area contributed by atoms with Gasteiger partial charge >= 0.3 is 0 Å². The summed E-state index contributed by atoms with van der Waals surface area (Å²) in [7, 11) is 0. The van der Waals surface area contributed by atoms with Crippen LogP contribution in [0.4, 0.5) is 0 Å². The van der Waals surface area contributed by atoms with Gasteiger partial charge in [-0.05, 0) is 68.6 Å². The zero-order valence-electron chi connectivity index (χ0n) is 19.8. The number of benzene rings is 2. The van der Waals surface area contributed by atoms with E-state index < -0.39 is 0 Å². The lowest BCUT2D eigenvalue weighted by Gasteiger charge is -2.33. The van der Waals surface area contributed by atoms with Crippen molar-refractivity contribution in [2.45, 2.75) is 33.6 Å². The van der Waals surface area contributed by atoms with Crippen LogP contribution in [-0.2, 0) is 0 Å². The summed E-state index contributed by atoms with van der Waals surface area (Å²) in [6, 6.07) is 14.5. The molecular formula is C29H33N3O. The SMILES string of the molecule is C=C(N/C=C\C)C1CCN(C(=O)c2ccc3c(/C(=C/C)c4ccccc4C)c[nH]c3c2)CC1. The first-order chi connectivity index (χ1) is 16.0. The molecule has 0 unspecified atom stereocenters. The molecule has 4 rings (SSSR count). The maximum absolute atomic E-state index is 13.2. The molecule has 3 aromatic rings. The van der Waals surface area contributed by atoms with Crippen LogP contribution in [0.3, 0.4) is 0 Å². The normalized spacial score (nSPS) is 15.4. The highest BCUT2D eigenvalue weighted by Crippen LogP contribution is 2.32. The highest BCUT2D eigenvalue weighted by molar-refractivity contribution is 6.02. The van der Waals surface area contributed by atoms with Gasteiger partial charge in [0.2, 0.25) is 0 Å². The molecular weight excluding hydrogens is 406 g/mol. The Kier molecular flexibility index (Phi) is 6.83. The summed E-state index contributed by atoms with van der Waals surface area (Å²) in [4.78, 5) is 18.6. The molecule has 0 aliphatic carbocycles. The van der Waals surface area contributed by atoms with Gasteiger partial charge in [-0.15, -0.1) is 0 Å². The Labute approximate surface area is 196 Å². The summed E-state index contributed by atoms with van der Waals surface area (Å²) in [5.41, 5.74) is 7.60. The first-order valence-electron chi connectivity index (χ1n) is 11.7. The predicted octanol–water partition coefficient (Wildman–Crippen LogP) is 6.42. The molecule has 1 fully saturated rings. The zero-order chi connectivity index (χ0) is 23.4. The average molecular weight is 440 g/mol. The van der Waals surface area contributed by atoms with Crippen LogP contribution in [0.1, 0.15) is 53.7 Å². The van der Waals surface area contributed by atoms with Crippen LogP contribution in [-0.4, -0.2) is 28.9 Å². The van der Waals surface area contributed by atoms with Crippen LogP contribution in [0.2, 0.25) is 0 Å². The summed E-state index contributed by atoms with van der Waals surface area (Å²) >= 11 is 0. The lowest BCUT2D eigenvalue weighted by Crippen LogP contribution is -2.39. The van der Waals surface area contributed by atoms with Crippen molar-refractivity contribution in [2.75, 3.05) is 13.1 Å². The van der Waals surface area contributed by atoms with Crippen molar-refractivity contribution >= 4 is 22.4 Å². The Morgan fingerprint density at radius 3 is 2.58 bits per heavy atom. The monoisotopic (exact) mass is 439 g/mol. The van der Waals surface area contributed by atoms with Crippen LogP contribution in [0, 0.1) is 12.8 Å². The Morgan fingerprint density at radius 1 is 1.12 bits per heavy atom. The first-order valence-corrected chi connectivity index (χ1v) is 11.7. The number of fused-ring (bicyclic) bond motifs is 1. The molecule has 1 aromatic heterocycles. The lowest BCUT2D eigenvalue weighted by molar-refractivity contribution is 0.0701. The zero-order valence-corrected chi connectivity index (χ0v) is 19.8. The van der Waals surface area contributed by atoms with Gasteiger partial charge in [-0.3, -0.25) is 4.79 Å². The number of aromatic nitrogens is 1. The number of allylic oxidation sites excluding steroid dienone is 3. The van der Waals surface area contributed by atoms with Gasteiger partial charge in [-0.1, -0.05) is 49.1 Å². The van der Waals surface area contributed by atoms with E-state index in [1.54, 1.807) is 0 Å². The highest BCUT2D eigenvalue weighted by atomic mass is 16.2. The maximum Gasteiger partial charge on any atom is 0.253 e. The fraction of sp³-hybridized carbons (Fsp3) is 0.276. The van der Waals surface area contributed by atoms with Gasteiger partial charge in [0.15, 0.2) is 0 Å². The van der Waals surface area contributed by atoms with E-state index in [2.05, 4.69) is 73.3 Å². The summed E-state index contributed by atoms with van der Waals surface area (Å²) < 4.78 is 0. The number of hydrogen-bond acceptors (Lipinski definition) is 2. The van der Waals surface area contributed by atoms with E-state index in [0.29, 0.717) is 5.92 Å². The van der Waals surface area contributed by atoms with Crippen molar-refractivity contribution in [1.29, 1.82) is 0 Å². The minimum absolute atomic E-state index is 0.101.